The maximum Gasteiger partial charge on any atom is 0.190 e. The van der Waals surface area contributed by atoms with Gasteiger partial charge in [-0.1, -0.05) is 56.5 Å². The summed E-state index contributed by atoms with van der Waals surface area (Å²) in [6, 6.07) is 12.2. The van der Waals surface area contributed by atoms with Crippen molar-refractivity contribution in [2.24, 2.45) is 0 Å². The molecule has 0 fully saturated rings. The van der Waals surface area contributed by atoms with Crippen molar-refractivity contribution in [3.8, 4) is 28.0 Å². The zero-order chi connectivity index (χ0) is 25.1. The molecule has 0 radical (unpaired) electrons. The summed E-state index contributed by atoms with van der Waals surface area (Å²) in [5.74, 6) is -5.54. The van der Waals surface area contributed by atoms with Crippen LogP contribution in [0, 0.1) is 29.1 Å². The quantitative estimate of drug-likeness (QED) is 0.179. The number of methoxy groups -OCH3 is 1. The molecule has 0 amide bonds. The normalized spacial score (nSPS) is 11.3. The van der Waals surface area contributed by atoms with Crippen LogP contribution in [-0.4, -0.2) is 7.11 Å². The third kappa shape index (κ3) is 5.02. The SMILES string of the molecule is CCCCCCc1ccc2c(F)c(-c3cc(F)c(-c4cc(F)c(OC)c(F)c4)c(F)c3)ccc2c1. The largest absolute Gasteiger partial charge is 0.491 e. The second-order valence-corrected chi connectivity index (χ2v) is 8.58. The topological polar surface area (TPSA) is 9.23 Å². The molecule has 0 aromatic heterocycles. The van der Waals surface area contributed by atoms with Gasteiger partial charge in [-0.3, -0.25) is 0 Å². The number of halogens is 5. The minimum absolute atomic E-state index is 0.0127. The van der Waals surface area contributed by atoms with Crippen LogP contribution in [0.2, 0.25) is 0 Å². The van der Waals surface area contributed by atoms with Crippen LogP contribution in [0.5, 0.6) is 5.75 Å². The van der Waals surface area contributed by atoms with Crippen molar-refractivity contribution in [1.29, 1.82) is 0 Å². The first-order valence-corrected chi connectivity index (χ1v) is 11.6. The Balaban J connectivity index is 1.69. The summed E-state index contributed by atoms with van der Waals surface area (Å²) in [5, 5.41) is 1.06. The summed E-state index contributed by atoms with van der Waals surface area (Å²) in [6.45, 7) is 2.15. The number of hydrogen-bond donors (Lipinski definition) is 0. The van der Waals surface area contributed by atoms with Gasteiger partial charge in [-0.05, 0) is 59.2 Å². The van der Waals surface area contributed by atoms with E-state index >= 15 is 4.39 Å². The highest BCUT2D eigenvalue weighted by atomic mass is 19.1. The van der Waals surface area contributed by atoms with E-state index in [0.29, 0.717) is 10.8 Å². The lowest BCUT2D eigenvalue weighted by molar-refractivity contribution is 0.360. The predicted molar refractivity (Wildman–Crippen MR) is 129 cm³/mol. The van der Waals surface area contributed by atoms with Crippen molar-refractivity contribution < 1.29 is 26.7 Å². The molecule has 0 aliphatic heterocycles. The zero-order valence-corrected chi connectivity index (χ0v) is 19.5. The molecule has 0 unspecified atom stereocenters. The molecule has 1 nitrogen and oxygen atoms in total. The van der Waals surface area contributed by atoms with Gasteiger partial charge in [0.15, 0.2) is 17.4 Å². The highest BCUT2D eigenvalue weighted by molar-refractivity contribution is 5.89. The van der Waals surface area contributed by atoms with E-state index in [1.165, 1.54) is 12.5 Å². The van der Waals surface area contributed by atoms with Crippen LogP contribution in [-0.2, 0) is 6.42 Å². The van der Waals surface area contributed by atoms with Crippen molar-refractivity contribution >= 4 is 10.8 Å². The zero-order valence-electron chi connectivity index (χ0n) is 19.5. The summed E-state index contributed by atoms with van der Waals surface area (Å²) >= 11 is 0. The van der Waals surface area contributed by atoms with E-state index in [0.717, 1.165) is 62.6 Å². The summed E-state index contributed by atoms with van der Waals surface area (Å²) in [7, 11) is 1.09. The molecule has 4 aromatic carbocycles. The average molecular weight is 485 g/mol. The van der Waals surface area contributed by atoms with E-state index in [1.807, 2.05) is 12.1 Å². The Kier molecular flexibility index (Phi) is 7.39. The highest BCUT2D eigenvalue weighted by Crippen LogP contribution is 2.36. The van der Waals surface area contributed by atoms with E-state index in [9.17, 15) is 17.6 Å². The molecular weight excluding hydrogens is 459 g/mol. The first-order valence-electron chi connectivity index (χ1n) is 11.6. The van der Waals surface area contributed by atoms with Gasteiger partial charge in [-0.2, -0.15) is 0 Å². The minimum atomic E-state index is -1.09. The smallest absolute Gasteiger partial charge is 0.190 e. The molecule has 4 aromatic rings. The Morgan fingerprint density at radius 1 is 0.686 bits per heavy atom. The summed E-state index contributed by atoms with van der Waals surface area (Å²) in [5.41, 5.74) is 0.197. The maximum atomic E-state index is 15.4. The predicted octanol–water partition coefficient (Wildman–Crippen LogP) is 9.00. The fourth-order valence-electron chi connectivity index (χ4n) is 4.38. The molecule has 0 aliphatic carbocycles. The van der Waals surface area contributed by atoms with E-state index in [4.69, 9.17) is 0 Å². The van der Waals surface area contributed by atoms with Crippen LogP contribution < -0.4 is 4.74 Å². The van der Waals surface area contributed by atoms with E-state index in [1.54, 1.807) is 12.1 Å². The number of benzene rings is 4. The number of hydrogen-bond acceptors (Lipinski definition) is 1. The van der Waals surface area contributed by atoms with E-state index in [2.05, 4.69) is 11.7 Å². The van der Waals surface area contributed by atoms with Gasteiger partial charge in [0, 0.05) is 10.9 Å². The summed E-state index contributed by atoms with van der Waals surface area (Å²) in [4.78, 5) is 0. The van der Waals surface area contributed by atoms with Gasteiger partial charge in [0.25, 0.3) is 0 Å². The molecule has 6 heteroatoms. The van der Waals surface area contributed by atoms with Crippen molar-refractivity contribution in [2.45, 2.75) is 39.0 Å². The molecule has 0 heterocycles. The second kappa shape index (κ2) is 10.5. The Morgan fingerprint density at radius 3 is 1.97 bits per heavy atom. The molecule has 0 atom stereocenters. The lowest BCUT2D eigenvalue weighted by atomic mass is 9.95. The van der Waals surface area contributed by atoms with Crippen LogP contribution >= 0.6 is 0 Å². The summed E-state index contributed by atoms with van der Waals surface area (Å²) < 4.78 is 78.0. The first-order chi connectivity index (χ1) is 16.8. The third-order valence-corrected chi connectivity index (χ3v) is 6.18. The molecule has 0 N–H and O–H groups in total. The molecule has 0 saturated heterocycles. The van der Waals surface area contributed by atoms with Gasteiger partial charge in [0.05, 0.1) is 12.7 Å². The van der Waals surface area contributed by atoms with Gasteiger partial charge in [-0.25, -0.2) is 22.0 Å². The number of rotatable bonds is 8. The van der Waals surface area contributed by atoms with E-state index < -0.39 is 40.4 Å². The fraction of sp³-hybridized carbons (Fsp3) is 0.241. The van der Waals surface area contributed by atoms with Crippen LogP contribution in [0.4, 0.5) is 22.0 Å². The molecule has 0 bridgehead atoms. The molecule has 182 valence electrons. The molecule has 0 spiro atoms. The molecule has 4 rings (SSSR count). The molecule has 0 aliphatic rings. The third-order valence-electron chi connectivity index (χ3n) is 6.18. The van der Waals surface area contributed by atoms with Crippen LogP contribution in [0.3, 0.4) is 0 Å². The van der Waals surface area contributed by atoms with Gasteiger partial charge in [0.2, 0.25) is 0 Å². The minimum Gasteiger partial charge on any atom is -0.491 e. The van der Waals surface area contributed by atoms with Gasteiger partial charge < -0.3 is 4.74 Å². The average Bonchev–Trinajstić information content (AvgIpc) is 2.81. The number of unbranched alkanes of at least 4 members (excludes halogenated alkanes) is 3. The Morgan fingerprint density at radius 2 is 1.34 bits per heavy atom. The van der Waals surface area contributed by atoms with Crippen LogP contribution in [0.25, 0.3) is 33.0 Å². The van der Waals surface area contributed by atoms with Gasteiger partial charge in [-0.15, -0.1) is 0 Å². The fourth-order valence-corrected chi connectivity index (χ4v) is 4.38. The Labute approximate surface area is 201 Å². The lowest BCUT2D eigenvalue weighted by Gasteiger charge is -2.12. The lowest BCUT2D eigenvalue weighted by Crippen LogP contribution is -1.98. The number of ether oxygens (including phenoxy) is 1. The molecular formula is C29H25F5O. The van der Waals surface area contributed by atoms with Gasteiger partial charge in [0.1, 0.15) is 17.5 Å². The Bertz CT molecular complexity index is 1330. The standard InChI is InChI=1S/C29H25F5O/c1-3-4-5-6-7-17-8-10-21-18(12-17)9-11-22(28(21)34)19-13-23(30)27(24(31)14-19)20-15-25(32)29(35-2)26(33)16-20/h8-16H,3-7H2,1-2H3. The molecule has 35 heavy (non-hydrogen) atoms. The second-order valence-electron chi connectivity index (χ2n) is 8.58. The maximum absolute atomic E-state index is 15.4. The number of aryl methyl sites for hydroxylation is 1. The first kappa shape index (κ1) is 24.7. The van der Waals surface area contributed by atoms with E-state index in [-0.39, 0.29) is 16.7 Å². The summed E-state index contributed by atoms with van der Waals surface area (Å²) in [6.07, 6.45) is 5.45. The van der Waals surface area contributed by atoms with Crippen molar-refractivity contribution in [3.05, 3.63) is 89.2 Å². The van der Waals surface area contributed by atoms with Crippen molar-refractivity contribution in [2.75, 3.05) is 7.11 Å². The van der Waals surface area contributed by atoms with Crippen LogP contribution in [0.15, 0.2) is 54.6 Å². The Hall–Kier alpha value is -3.41. The monoisotopic (exact) mass is 484 g/mol. The van der Waals surface area contributed by atoms with Gasteiger partial charge >= 0.3 is 0 Å². The highest BCUT2D eigenvalue weighted by Gasteiger charge is 2.20. The molecule has 0 saturated carbocycles. The van der Waals surface area contributed by atoms with Crippen LogP contribution in [0.1, 0.15) is 38.2 Å². The van der Waals surface area contributed by atoms with Crippen molar-refractivity contribution in [1.82, 2.24) is 0 Å². The van der Waals surface area contributed by atoms with Crippen molar-refractivity contribution in [3.63, 3.8) is 0 Å². The number of fused-ring (bicyclic) bond motifs is 1.